The van der Waals surface area contributed by atoms with Crippen LogP contribution in [-0.2, 0) is 21.2 Å². The number of sulfonamides is 1. The van der Waals surface area contributed by atoms with Gasteiger partial charge in [-0.05, 0) is 82.0 Å². The van der Waals surface area contributed by atoms with E-state index in [9.17, 15) is 13.2 Å². The first kappa shape index (κ1) is 22.6. The Hall–Kier alpha value is -1.70. The van der Waals surface area contributed by atoms with Crippen LogP contribution in [0.1, 0.15) is 43.9 Å². The van der Waals surface area contributed by atoms with Gasteiger partial charge in [-0.3, -0.25) is 4.79 Å². The van der Waals surface area contributed by atoms with Crippen molar-refractivity contribution in [3.8, 4) is 0 Å². The number of aryl methyl sites for hydroxylation is 3. The number of carbonyl (C=O) groups excluding carboxylic acids is 1. The molecule has 0 unspecified atom stereocenters. The van der Waals surface area contributed by atoms with Gasteiger partial charge in [-0.15, -0.1) is 0 Å². The first-order valence-corrected chi connectivity index (χ1v) is 11.3. The molecule has 0 spiro atoms. The summed E-state index contributed by atoms with van der Waals surface area (Å²) >= 11 is 3.45. The molecule has 0 fully saturated rings. The van der Waals surface area contributed by atoms with Gasteiger partial charge in [0.2, 0.25) is 15.9 Å². The molecule has 0 saturated carbocycles. The molecule has 0 atom stereocenters. The molecule has 0 aliphatic heterocycles. The van der Waals surface area contributed by atoms with E-state index in [1.54, 1.807) is 45.0 Å². The van der Waals surface area contributed by atoms with E-state index in [0.717, 1.165) is 26.9 Å². The van der Waals surface area contributed by atoms with Crippen molar-refractivity contribution < 1.29 is 13.2 Å². The van der Waals surface area contributed by atoms with Crippen molar-refractivity contribution in [3.63, 3.8) is 0 Å². The molecule has 2 aromatic rings. The minimum atomic E-state index is -3.55. The lowest BCUT2D eigenvalue weighted by atomic mass is 10.1. The SMILES string of the molecule is Cc1cc(Br)cc(C)c1NC(=O)CCc1ccc(S(=O)(=O)NC(C)(C)C)cc1. The third kappa shape index (κ3) is 6.43. The van der Waals surface area contributed by atoms with Crippen LogP contribution in [0.2, 0.25) is 0 Å². The van der Waals surface area contributed by atoms with Crippen molar-refractivity contribution in [2.45, 2.75) is 57.9 Å². The van der Waals surface area contributed by atoms with Gasteiger partial charge in [0.15, 0.2) is 0 Å². The molecule has 0 saturated heterocycles. The van der Waals surface area contributed by atoms with Crippen molar-refractivity contribution in [2.75, 3.05) is 5.32 Å². The molecule has 0 aliphatic rings. The third-order valence-electron chi connectivity index (χ3n) is 4.08. The topological polar surface area (TPSA) is 75.3 Å². The van der Waals surface area contributed by atoms with Gasteiger partial charge >= 0.3 is 0 Å². The zero-order valence-corrected chi connectivity index (χ0v) is 19.3. The van der Waals surface area contributed by atoms with Crippen molar-refractivity contribution in [1.29, 1.82) is 0 Å². The molecule has 28 heavy (non-hydrogen) atoms. The first-order valence-electron chi connectivity index (χ1n) is 9.07. The molecule has 0 radical (unpaired) electrons. The number of nitrogens with one attached hydrogen (secondary N) is 2. The van der Waals surface area contributed by atoms with Crippen LogP contribution >= 0.6 is 15.9 Å². The van der Waals surface area contributed by atoms with Crippen LogP contribution < -0.4 is 10.0 Å². The highest BCUT2D eigenvalue weighted by Gasteiger charge is 2.21. The summed E-state index contributed by atoms with van der Waals surface area (Å²) in [5.74, 6) is -0.0698. The molecule has 2 aromatic carbocycles. The number of hydrogen-bond donors (Lipinski definition) is 2. The fourth-order valence-electron chi connectivity index (χ4n) is 2.86. The van der Waals surface area contributed by atoms with Crippen molar-refractivity contribution in [2.24, 2.45) is 0 Å². The normalized spacial score (nSPS) is 12.1. The van der Waals surface area contributed by atoms with Gasteiger partial charge in [0, 0.05) is 22.1 Å². The predicted molar refractivity (Wildman–Crippen MR) is 117 cm³/mol. The highest BCUT2D eigenvalue weighted by Crippen LogP contribution is 2.25. The molecule has 152 valence electrons. The van der Waals surface area contributed by atoms with E-state index in [0.29, 0.717) is 12.8 Å². The molecule has 5 nitrogen and oxygen atoms in total. The van der Waals surface area contributed by atoms with Gasteiger partial charge in [-0.1, -0.05) is 28.1 Å². The maximum Gasteiger partial charge on any atom is 0.241 e. The van der Waals surface area contributed by atoms with Crippen LogP contribution in [0.4, 0.5) is 5.69 Å². The Morgan fingerprint density at radius 2 is 1.57 bits per heavy atom. The van der Waals surface area contributed by atoms with Crippen molar-refractivity contribution in [3.05, 3.63) is 57.6 Å². The Balaban J connectivity index is 1.99. The Morgan fingerprint density at radius 1 is 1.04 bits per heavy atom. The smallest absolute Gasteiger partial charge is 0.241 e. The Bertz CT molecular complexity index is 939. The Morgan fingerprint density at radius 3 is 2.07 bits per heavy atom. The van der Waals surface area contributed by atoms with Gasteiger partial charge in [0.05, 0.1) is 4.90 Å². The van der Waals surface area contributed by atoms with Crippen molar-refractivity contribution >= 4 is 37.5 Å². The van der Waals surface area contributed by atoms with Gasteiger partial charge in [-0.2, -0.15) is 0 Å². The summed E-state index contributed by atoms with van der Waals surface area (Å²) in [5.41, 5.74) is 3.21. The monoisotopic (exact) mass is 466 g/mol. The van der Waals surface area contributed by atoms with Crippen LogP contribution in [0.25, 0.3) is 0 Å². The van der Waals surface area contributed by atoms with E-state index in [-0.39, 0.29) is 10.8 Å². The van der Waals surface area contributed by atoms with Crippen LogP contribution in [0.5, 0.6) is 0 Å². The van der Waals surface area contributed by atoms with Crippen LogP contribution in [0.3, 0.4) is 0 Å². The largest absolute Gasteiger partial charge is 0.326 e. The molecule has 2 N–H and O–H groups in total. The lowest BCUT2D eigenvalue weighted by Gasteiger charge is -2.20. The number of carbonyl (C=O) groups is 1. The fraction of sp³-hybridized carbons (Fsp3) is 0.381. The maximum atomic E-state index is 12.3. The molecule has 0 aliphatic carbocycles. The average molecular weight is 467 g/mol. The highest BCUT2D eigenvalue weighted by molar-refractivity contribution is 9.10. The summed E-state index contributed by atoms with van der Waals surface area (Å²) in [4.78, 5) is 12.5. The number of rotatable bonds is 6. The summed E-state index contributed by atoms with van der Waals surface area (Å²) < 4.78 is 28.3. The molecule has 0 heterocycles. The average Bonchev–Trinajstić information content (AvgIpc) is 2.54. The maximum absolute atomic E-state index is 12.3. The quantitative estimate of drug-likeness (QED) is 0.646. The fourth-order valence-corrected chi connectivity index (χ4v) is 4.97. The summed E-state index contributed by atoms with van der Waals surface area (Å²) in [7, 11) is -3.55. The lowest BCUT2D eigenvalue weighted by molar-refractivity contribution is -0.116. The number of halogens is 1. The molecular weight excluding hydrogens is 440 g/mol. The third-order valence-corrected chi connectivity index (χ3v) is 6.31. The van der Waals surface area contributed by atoms with E-state index in [4.69, 9.17) is 0 Å². The van der Waals surface area contributed by atoms with E-state index in [2.05, 4.69) is 26.0 Å². The number of hydrogen-bond acceptors (Lipinski definition) is 3. The minimum absolute atomic E-state index is 0.0698. The first-order chi connectivity index (χ1) is 12.9. The zero-order valence-electron chi connectivity index (χ0n) is 16.9. The summed E-state index contributed by atoms with van der Waals surface area (Å²) in [6.45, 7) is 9.31. The van der Waals surface area contributed by atoms with Gasteiger partial charge in [-0.25, -0.2) is 13.1 Å². The molecule has 0 bridgehead atoms. The van der Waals surface area contributed by atoms with E-state index in [1.165, 1.54) is 0 Å². The second-order valence-electron chi connectivity index (χ2n) is 7.96. The standard InChI is InChI=1S/C21H27BrN2O3S/c1-14-12-17(22)13-15(2)20(14)23-19(25)11-8-16-6-9-18(10-7-16)28(26,27)24-21(3,4)5/h6-7,9-10,12-13,24H,8,11H2,1-5H3,(H,23,25). The van der Waals surface area contributed by atoms with Gasteiger partial charge in [0.1, 0.15) is 0 Å². The molecule has 2 rings (SSSR count). The van der Waals surface area contributed by atoms with Crippen LogP contribution in [0.15, 0.2) is 45.8 Å². The Kier molecular flexibility index (Phi) is 7.07. The number of anilines is 1. The van der Waals surface area contributed by atoms with Gasteiger partial charge < -0.3 is 5.32 Å². The molecule has 1 amide bonds. The van der Waals surface area contributed by atoms with Gasteiger partial charge in [0.25, 0.3) is 0 Å². The van der Waals surface area contributed by atoms with E-state index in [1.807, 2.05) is 26.0 Å². The predicted octanol–water partition coefficient (Wildman–Crippen LogP) is 4.71. The minimum Gasteiger partial charge on any atom is -0.326 e. The molecule has 7 heteroatoms. The summed E-state index contributed by atoms with van der Waals surface area (Å²) in [6, 6.07) is 10.6. The van der Waals surface area contributed by atoms with E-state index < -0.39 is 15.6 Å². The summed E-state index contributed by atoms with van der Waals surface area (Å²) in [5, 5.41) is 2.97. The second-order valence-corrected chi connectivity index (χ2v) is 10.6. The Labute approximate surface area is 176 Å². The lowest BCUT2D eigenvalue weighted by Crippen LogP contribution is -2.40. The summed E-state index contributed by atoms with van der Waals surface area (Å²) in [6.07, 6.45) is 0.856. The molecule has 0 aromatic heterocycles. The molecular formula is C21H27BrN2O3S. The van der Waals surface area contributed by atoms with Crippen LogP contribution in [-0.4, -0.2) is 19.9 Å². The zero-order chi connectivity index (χ0) is 21.1. The van der Waals surface area contributed by atoms with Crippen LogP contribution in [0, 0.1) is 13.8 Å². The number of amides is 1. The van der Waals surface area contributed by atoms with E-state index >= 15 is 0 Å². The second kappa shape index (κ2) is 8.76. The van der Waals surface area contributed by atoms with Crippen molar-refractivity contribution in [1.82, 2.24) is 4.72 Å². The highest BCUT2D eigenvalue weighted by atomic mass is 79.9. The number of benzene rings is 2.